The maximum absolute atomic E-state index is 11.2. The van der Waals surface area contributed by atoms with E-state index in [0.717, 1.165) is 5.57 Å². The molecule has 2 aromatic heterocycles. The molecule has 10 nitrogen and oxygen atoms in total. The predicted molar refractivity (Wildman–Crippen MR) is 139 cm³/mol. The van der Waals surface area contributed by atoms with Crippen molar-refractivity contribution in [3.05, 3.63) is 99.8 Å². The van der Waals surface area contributed by atoms with E-state index in [9.17, 15) is 10.1 Å². The summed E-state index contributed by atoms with van der Waals surface area (Å²) >= 11 is 0. The highest BCUT2D eigenvalue weighted by Crippen LogP contribution is 2.20. The van der Waals surface area contributed by atoms with Gasteiger partial charge in [0.05, 0.1) is 16.0 Å². The number of nitrogens with two attached hydrogens (primary N) is 2. The van der Waals surface area contributed by atoms with Crippen molar-refractivity contribution in [3.63, 3.8) is 0 Å². The second-order valence-corrected chi connectivity index (χ2v) is 8.02. The molecule has 2 heterocycles. The average Bonchev–Trinajstić information content (AvgIpc) is 2.84. The van der Waals surface area contributed by atoms with E-state index in [2.05, 4.69) is 20.6 Å². The van der Waals surface area contributed by atoms with Crippen LogP contribution < -0.4 is 22.1 Å². The first-order chi connectivity index (χ1) is 16.8. The Hall–Kier alpha value is -4.73. The molecule has 0 saturated heterocycles. The SMILES string of the molecule is CC(C)C(=C/N)/C=C(\N)Nc1ccc2ncc(/C(C=N)=C/NCc3ccccc3[N+](=O)[O-])cc2n1. The molecule has 0 atom stereocenters. The summed E-state index contributed by atoms with van der Waals surface area (Å²) in [5.41, 5.74) is 15.8. The number of nitrogens with one attached hydrogen (secondary N) is 3. The van der Waals surface area contributed by atoms with E-state index in [1.807, 2.05) is 26.0 Å². The molecule has 0 fully saturated rings. The van der Waals surface area contributed by atoms with Gasteiger partial charge in [-0.15, -0.1) is 0 Å². The van der Waals surface area contributed by atoms with Crippen LogP contribution in [0, 0.1) is 21.4 Å². The molecule has 7 N–H and O–H groups in total. The monoisotopic (exact) mass is 472 g/mol. The van der Waals surface area contributed by atoms with Crippen LogP contribution in [-0.2, 0) is 6.54 Å². The third-order valence-electron chi connectivity index (χ3n) is 5.22. The van der Waals surface area contributed by atoms with Gasteiger partial charge in [0.15, 0.2) is 0 Å². The van der Waals surface area contributed by atoms with Crippen LogP contribution in [0.15, 0.2) is 78.5 Å². The number of benzene rings is 1. The minimum absolute atomic E-state index is 0.0391. The largest absolute Gasteiger partial charge is 0.404 e. The minimum atomic E-state index is -0.416. The van der Waals surface area contributed by atoms with Crippen LogP contribution in [-0.4, -0.2) is 21.1 Å². The molecule has 3 rings (SSSR count). The Labute approximate surface area is 203 Å². The highest BCUT2D eigenvalue weighted by molar-refractivity contribution is 6.08. The van der Waals surface area contributed by atoms with Crippen molar-refractivity contribution in [2.45, 2.75) is 20.4 Å². The van der Waals surface area contributed by atoms with Crippen LogP contribution in [0.1, 0.15) is 25.0 Å². The van der Waals surface area contributed by atoms with Crippen molar-refractivity contribution in [1.29, 1.82) is 5.41 Å². The number of pyridine rings is 2. The van der Waals surface area contributed by atoms with Crippen LogP contribution in [0.4, 0.5) is 11.5 Å². The topological polar surface area (TPSA) is 169 Å². The number of rotatable bonds is 10. The van der Waals surface area contributed by atoms with Crippen molar-refractivity contribution < 1.29 is 4.92 Å². The van der Waals surface area contributed by atoms with Gasteiger partial charge in [-0.2, -0.15) is 0 Å². The number of aromatic nitrogens is 2. The van der Waals surface area contributed by atoms with Gasteiger partial charge < -0.3 is 27.5 Å². The molecule has 180 valence electrons. The minimum Gasteiger partial charge on any atom is -0.404 e. The molecule has 0 radical (unpaired) electrons. The van der Waals surface area contributed by atoms with Crippen molar-refractivity contribution in [2.75, 3.05) is 5.32 Å². The smallest absolute Gasteiger partial charge is 0.274 e. The third-order valence-corrected chi connectivity index (χ3v) is 5.22. The number of nitro benzene ring substituents is 1. The van der Waals surface area contributed by atoms with Gasteiger partial charge >= 0.3 is 0 Å². The summed E-state index contributed by atoms with van der Waals surface area (Å²) in [6, 6.07) is 11.9. The average molecular weight is 473 g/mol. The normalized spacial score (nSPS) is 12.6. The number of nitrogens with zero attached hydrogens (tertiary/aromatic N) is 3. The van der Waals surface area contributed by atoms with Gasteiger partial charge in [-0.05, 0) is 42.0 Å². The first-order valence-electron chi connectivity index (χ1n) is 10.9. The first kappa shape index (κ1) is 24.9. The second kappa shape index (κ2) is 11.4. The molecule has 10 heteroatoms. The van der Waals surface area contributed by atoms with E-state index < -0.39 is 4.92 Å². The van der Waals surface area contributed by atoms with Crippen LogP contribution in [0.25, 0.3) is 16.6 Å². The molecule has 0 amide bonds. The van der Waals surface area contributed by atoms with Gasteiger partial charge in [-0.1, -0.05) is 32.0 Å². The van der Waals surface area contributed by atoms with Gasteiger partial charge in [-0.25, -0.2) is 4.98 Å². The Bertz CT molecular complexity index is 1330. The van der Waals surface area contributed by atoms with Crippen molar-refractivity contribution in [2.24, 2.45) is 17.4 Å². The van der Waals surface area contributed by atoms with Gasteiger partial charge in [0.2, 0.25) is 0 Å². The number of nitro groups is 1. The summed E-state index contributed by atoms with van der Waals surface area (Å²) in [5, 5.41) is 25.1. The fourth-order valence-electron chi connectivity index (χ4n) is 3.32. The fourth-order valence-corrected chi connectivity index (χ4v) is 3.32. The van der Waals surface area contributed by atoms with Crippen LogP contribution in [0.5, 0.6) is 0 Å². The summed E-state index contributed by atoms with van der Waals surface area (Å²) in [6.07, 6.45) is 7.75. The van der Waals surface area contributed by atoms with E-state index in [4.69, 9.17) is 16.9 Å². The Morgan fingerprint density at radius 2 is 2.00 bits per heavy atom. The number of allylic oxidation sites excluding steroid dienone is 3. The second-order valence-electron chi connectivity index (χ2n) is 8.02. The number of hydrogen-bond acceptors (Lipinski definition) is 9. The quantitative estimate of drug-likeness (QED) is 0.127. The number of anilines is 1. The number of fused-ring (bicyclic) bond motifs is 1. The van der Waals surface area contributed by atoms with Crippen LogP contribution in [0.2, 0.25) is 0 Å². The lowest BCUT2D eigenvalue weighted by atomic mass is 10.0. The Balaban J connectivity index is 1.81. The molecule has 3 aromatic rings. The fraction of sp³-hybridized carbons (Fsp3) is 0.160. The van der Waals surface area contributed by atoms with Crippen LogP contribution >= 0.6 is 0 Å². The maximum atomic E-state index is 11.2. The number of para-hydroxylation sites is 1. The zero-order valence-corrected chi connectivity index (χ0v) is 19.5. The molecule has 35 heavy (non-hydrogen) atoms. The van der Waals surface area contributed by atoms with Gasteiger partial charge in [-0.3, -0.25) is 15.1 Å². The van der Waals surface area contributed by atoms with Crippen molar-refractivity contribution in [3.8, 4) is 0 Å². The zero-order valence-electron chi connectivity index (χ0n) is 19.5. The molecule has 0 unspecified atom stereocenters. The summed E-state index contributed by atoms with van der Waals surface area (Å²) < 4.78 is 0. The van der Waals surface area contributed by atoms with E-state index in [-0.39, 0.29) is 18.2 Å². The zero-order chi connectivity index (χ0) is 25.4. The van der Waals surface area contributed by atoms with E-state index in [1.54, 1.807) is 42.7 Å². The molecular weight excluding hydrogens is 444 g/mol. The van der Waals surface area contributed by atoms with Gasteiger partial charge in [0.1, 0.15) is 11.6 Å². The Morgan fingerprint density at radius 1 is 1.23 bits per heavy atom. The number of hydrogen-bond donors (Lipinski definition) is 5. The Kier molecular flexibility index (Phi) is 8.12. The standard InChI is InChI=1S/C25H28N8O2/c1-16(2)18(11-26)10-24(28)32-25-8-7-21-22(31-25)9-19(15-30-21)20(12-27)14-29-13-17-5-3-4-6-23(17)33(34)35/h3-12,14-16,27,29H,13,26,28H2,1-2H3,(H,31,32)/b18-11+,20-14+,24-10+,27-12?. The lowest BCUT2D eigenvalue weighted by Crippen LogP contribution is -2.12. The molecule has 0 aliphatic heterocycles. The van der Waals surface area contributed by atoms with E-state index >= 15 is 0 Å². The molecular formula is C25H28N8O2. The summed E-state index contributed by atoms with van der Waals surface area (Å²) in [6.45, 7) is 4.28. The molecule has 1 aromatic carbocycles. The van der Waals surface area contributed by atoms with Gasteiger partial charge in [0, 0.05) is 47.9 Å². The van der Waals surface area contributed by atoms with Crippen LogP contribution in [0.3, 0.4) is 0 Å². The third kappa shape index (κ3) is 6.41. The highest BCUT2D eigenvalue weighted by atomic mass is 16.6. The van der Waals surface area contributed by atoms with Crippen molar-refractivity contribution >= 4 is 34.3 Å². The molecule has 0 saturated carbocycles. The molecule has 0 spiro atoms. The van der Waals surface area contributed by atoms with Gasteiger partial charge in [0.25, 0.3) is 5.69 Å². The summed E-state index contributed by atoms with van der Waals surface area (Å²) in [4.78, 5) is 19.8. The van der Waals surface area contributed by atoms with E-state index in [0.29, 0.717) is 39.4 Å². The lowest BCUT2D eigenvalue weighted by molar-refractivity contribution is -0.385. The maximum Gasteiger partial charge on any atom is 0.274 e. The van der Waals surface area contributed by atoms with E-state index in [1.165, 1.54) is 18.5 Å². The lowest BCUT2D eigenvalue weighted by Gasteiger charge is -2.10. The molecule has 0 aliphatic rings. The molecule has 0 bridgehead atoms. The predicted octanol–water partition coefficient (Wildman–Crippen LogP) is 4.03. The Morgan fingerprint density at radius 3 is 2.69 bits per heavy atom. The highest BCUT2D eigenvalue weighted by Gasteiger charge is 2.11. The van der Waals surface area contributed by atoms with Crippen molar-refractivity contribution in [1.82, 2.24) is 15.3 Å². The summed E-state index contributed by atoms with van der Waals surface area (Å²) in [7, 11) is 0. The molecule has 0 aliphatic carbocycles. The summed E-state index contributed by atoms with van der Waals surface area (Å²) in [5.74, 6) is 1.18. The first-order valence-corrected chi connectivity index (χ1v) is 10.9.